The van der Waals surface area contributed by atoms with Crippen molar-refractivity contribution in [1.29, 1.82) is 0 Å². The summed E-state index contributed by atoms with van der Waals surface area (Å²) in [5.41, 5.74) is 4.44. The predicted molar refractivity (Wildman–Crippen MR) is 106 cm³/mol. The molecule has 0 unspecified atom stereocenters. The summed E-state index contributed by atoms with van der Waals surface area (Å²) in [5, 5.41) is 3.13. The van der Waals surface area contributed by atoms with Crippen molar-refractivity contribution in [3.63, 3.8) is 0 Å². The van der Waals surface area contributed by atoms with E-state index in [2.05, 4.69) is 65.8 Å². The Labute approximate surface area is 159 Å². The number of carbonyl (C=O) groups is 1. The topological polar surface area (TPSA) is 45.5 Å². The van der Waals surface area contributed by atoms with E-state index in [9.17, 15) is 4.79 Å². The van der Waals surface area contributed by atoms with Crippen molar-refractivity contribution in [2.75, 3.05) is 13.6 Å². The molecule has 0 aliphatic heterocycles. The normalized spacial score (nSPS) is 14.9. The molecule has 0 radical (unpaired) electrons. The van der Waals surface area contributed by atoms with Crippen LogP contribution in [0.2, 0.25) is 0 Å². The van der Waals surface area contributed by atoms with Gasteiger partial charge in [-0.1, -0.05) is 54.6 Å². The molecule has 1 aromatic heterocycles. The van der Waals surface area contributed by atoms with Crippen LogP contribution in [0.1, 0.15) is 27.0 Å². The molecule has 1 amide bonds. The molecule has 138 valence electrons. The summed E-state index contributed by atoms with van der Waals surface area (Å²) in [6.45, 7) is 1.44. The van der Waals surface area contributed by atoms with Gasteiger partial charge in [-0.25, -0.2) is 0 Å². The van der Waals surface area contributed by atoms with Crippen LogP contribution >= 0.6 is 0 Å². The largest absolute Gasteiger partial charge is 0.472 e. The second-order valence-electron chi connectivity index (χ2n) is 7.38. The first-order chi connectivity index (χ1) is 13.2. The third kappa shape index (κ3) is 3.67. The number of rotatable bonds is 6. The van der Waals surface area contributed by atoms with E-state index in [0.717, 1.165) is 19.4 Å². The molecule has 1 N–H and O–H groups in total. The highest BCUT2D eigenvalue weighted by Gasteiger charge is 2.40. The summed E-state index contributed by atoms with van der Waals surface area (Å²) in [6, 6.07) is 20.8. The smallest absolute Gasteiger partial charge is 0.254 e. The summed E-state index contributed by atoms with van der Waals surface area (Å²) < 4.78 is 5.04. The fourth-order valence-electron chi connectivity index (χ4n) is 3.97. The summed E-state index contributed by atoms with van der Waals surface area (Å²) in [5.74, 6) is -0.0906. The molecule has 0 fully saturated rings. The van der Waals surface area contributed by atoms with Crippen LogP contribution in [0.4, 0.5) is 0 Å². The van der Waals surface area contributed by atoms with Crippen LogP contribution in [0.3, 0.4) is 0 Å². The molecule has 0 spiro atoms. The summed E-state index contributed by atoms with van der Waals surface area (Å²) in [6.07, 6.45) is 4.87. The standard InChI is InChI=1S/C23H24N2O2/c1-25(15-18-7-3-2-4-8-18)23(13-19-9-5-6-10-20(19)14-23)17-24-22(26)21-11-12-27-16-21/h2-12,16H,13-15,17H2,1H3,(H,24,26). The quantitative estimate of drug-likeness (QED) is 0.729. The van der Waals surface area contributed by atoms with Gasteiger partial charge in [-0.2, -0.15) is 0 Å². The van der Waals surface area contributed by atoms with Gasteiger partial charge in [0.15, 0.2) is 0 Å². The molecule has 27 heavy (non-hydrogen) atoms. The van der Waals surface area contributed by atoms with Crippen LogP contribution in [-0.2, 0) is 19.4 Å². The number of likely N-dealkylation sites (N-methyl/N-ethyl adjacent to an activating group) is 1. The molecule has 0 saturated heterocycles. The highest BCUT2D eigenvalue weighted by atomic mass is 16.3. The van der Waals surface area contributed by atoms with E-state index in [4.69, 9.17) is 4.42 Å². The number of furan rings is 1. The third-order valence-corrected chi connectivity index (χ3v) is 5.59. The number of hydrogen-bond acceptors (Lipinski definition) is 3. The Morgan fingerprint density at radius 2 is 1.70 bits per heavy atom. The molecule has 4 rings (SSSR count). The van der Waals surface area contributed by atoms with Gasteiger partial charge < -0.3 is 9.73 Å². The van der Waals surface area contributed by atoms with Crippen LogP contribution in [0.25, 0.3) is 0 Å². The monoisotopic (exact) mass is 360 g/mol. The van der Waals surface area contributed by atoms with Crippen molar-refractivity contribution >= 4 is 5.91 Å². The number of nitrogens with zero attached hydrogens (tertiary/aromatic N) is 1. The zero-order chi connectivity index (χ0) is 18.7. The second-order valence-corrected chi connectivity index (χ2v) is 7.38. The van der Waals surface area contributed by atoms with Crippen molar-refractivity contribution in [3.05, 3.63) is 95.4 Å². The van der Waals surface area contributed by atoms with E-state index >= 15 is 0 Å². The van der Waals surface area contributed by atoms with Crippen molar-refractivity contribution in [3.8, 4) is 0 Å². The highest BCUT2D eigenvalue weighted by molar-refractivity contribution is 5.93. The predicted octanol–water partition coefficient (Wildman–Crippen LogP) is 3.68. The fraction of sp³-hybridized carbons (Fsp3) is 0.261. The number of hydrogen-bond donors (Lipinski definition) is 1. The zero-order valence-electron chi connectivity index (χ0n) is 15.5. The zero-order valence-corrected chi connectivity index (χ0v) is 15.5. The highest BCUT2D eigenvalue weighted by Crippen LogP contribution is 2.34. The van der Waals surface area contributed by atoms with Crippen molar-refractivity contribution in [1.82, 2.24) is 10.2 Å². The number of amides is 1. The minimum atomic E-state index is -0.140. The van der Waals surface area contributed by atoms with Gasteiger partial charge in [0.05, 0.1) is 11.8 Å². The van der Waals surface area contributed by atoms with Crippen LogP contribution in [0.5, 0.6) is 0 Å². The molecular formula is C23H24N2O2. The SMILES string of the molecule is CN(Cc1ccccc1)C1(CNC(=O)c2ccoc2)Cc2ccccc2C1. The van der Waals surface area contributed by atoms with Crippen LogP contribution in [-0.4, -0.2) is 29.9 Å². The lowest BCUT2D eigenvalue weighted by molar-refractivity contribution is 0.0856. The molecule has 4 heteroatoms. The summed E-state index contributed by atoms with van der Waals surface area (Å²) >= 11 is 0. The Kier molecular flexibility index (Phi) is 4.82. The van der Waals surface area contributed by atoms with Gasteiger partial charge in [0.2, 0.25) is 0 Å². The van der Waals surface area contributed by atoms with E-state index in [1.54, 1.807) is 6.07 Å². The third-order valence-electron chi connectivity index (χ3n) is 5.59. The Hall–Kier alpha value is -2.85. The van der Waals surface area contributed by atoms with Gasteiger partial charge in [0.1, 0.15) is 6.26 Å². The molecule has 0 atom stereocenters. The van der Waals surface area contributed by atoms with Gasteiger partial charge in [0, 0.05) is 18.6 Å². The van der Waals surface area contributed by atoms with Crippen LogP contribution < -0.4 is 5.32 Å². The number of fused-ring (bicyclic) bond motifs is 1. The van der Waals surface area contributed by atoms with Crippen molar-refractivity contribution in [2.24, 2.45) is 0 Å². The molecule has 1 heterocycles. The van der Waals surface area contributed by atoms with Crippen LogP contribution in [0, 0.1) is 0 Å². The Morgan fingerprint density at radius 1 is 1.04 bits per heavy atom. The second kappa shape index (κ2) is 7.41. The molecule has 2 aromatic carbocycles. The maximum Gasteiger partial charge on any atom is 0.254 e. The van der Waals surface area contributed by atoms with E-state index in [0.29, 0.717) is 12.1 Å². The summed E-state index contributed by atoms with van der Waals surface area (Å²) in [4.78, 5) is 14.9. The average Bonchev–Trinajstić information content (AvgIpc) is 3.35. The van der Waals surface area contributed by atoms with Gasteiger partial charge in [-0.05, 0) is 42.6 Å². The Balaban J connectivity index is 1.55. The molecule has 4 nitrogen and oxygen atoms in total. The maximum atomic E-state index is 12.5. The first-order valence-corrected chi connectivity index (χ1v) is 9.29. The minimum Gasteiger partial charge on any atom is -0.472 e. The van der Waals surface area contributed by atoms with Crippen molar-refractivity contribution < 1.29 is 9.21 Å². The molecule has 1 aliphatic carbocycles. The Morgan fingerprint density at radius 3 is 2.33 bits per heavy atom. The lowest BCUT2D eigenvalue weighted by Gasteiger charge is -2.39. The number of nitrogens with one attached hydrogen (secondary N) is 1. The first-order valence-electron chi connectivity index (χ1n) is 9.29. The fourth-order valence-corrected chi connectivity index (χ4v) is 3.97. The molecule has 1 aliphatic rings. The molecule has 0 saturated carbocycles. The average molecular weight is 360 g/mol. The van der Waals surface area contributed by atoms with E-state index in [-0.39, 0.29) is 11.4 Å². The van der Waals surface area contributed by atoms with Gasteiger partial charge in [-0.3, -0.25) is 9.69 Å². The van der Waals surface area contributed by atoms with Crippen molar-refractivity contribution in [2.45, 2.75) is 24.9 Å². The molecule has 3 aromatic rings. The van der Waals surface area contributed by atoms with E-state index in [1.165, 1.54) is 29.2 Å². The number of carbonyl (C=O) groups excluding carboxylic acids is 1. The molecular weight excluding hydrogens is 336 g/mol. The lowest BCUT2D eigenvalue weighted by atomic mass is 9.92. The van der Waals surface area contributed by atoms with Gasteiger partial charge in [0.25, 0.3) is 5.91 Å². The van der Waals surface area contributed by atoms with Gasteiger partial charge >= 0.3 is 0 Å². The molecule has 0 bridgehead atoms. The van der Waals surface area contributed by atoms with E-state index in [1.807, 2.05) is 6.07 Å². The van der Waals surface area contributed by atoms with Crippen LogP contribution in [0.15, 0.2) is 77.6 Å². The summed E-state index contributed by atoms with van der Waals surface area (Å²) in [7, 11) is 2.16. The maximum absolute atomic E-state index is 12.5. The Bertz CT molecular complexity index is 878. The van der Waals surface area contributed by atoms with E-state index < -0.39 is 0 Å². The first kappa shape index (κ1) is 17.6. The lowest BCUT2D eigenvalue weighted by Crippen LogP contribution is -2.54. The number of benzene rings is 2. The van der Waals surface area contributed by atoms with Gasteiger partial charge in [-0.15, -0.1) is 0 Å². The minimum absolute atomic E-state index is 0.0906.